The second-order valence-electron chi connectivity index (χ2n) is 6.98. The summed E-state index contributed by atoms with van der Waals surface area (Å²) in [4.78, 5) is 0. The molecule has 1 aliphatic carbocycles. The molecule has 1 heterocycles. The van der Waals surface area contributed by atoms with Crippen molar-refractivity contribution in [2.45, 2.75) is 24.6 Å². The first-order valence-electron chi connectivity index (χ1n) is 8.90. The van der Waals surface area contributed by atoms with E-state index in [2.05, 4.69) is 27.3 Å². The van der Waals surface area contributed by atoms with Crippen LogP contribution < -0.4 is 14.8 Å². The number of nitrogens with one attached hydrogen (secondary N) is 1. The molecular formula is C21H19BrF3NO2. The highest BCUT2D eigenvalue weighted by atomic mass is 79.9. The topological polar surface area (TPSA) is 30.5 Å². The minimum absolute atomic E-state index is 0.0598. The van der Waals surface area contributed by atoms with Crippen molar-refractivity contribution in [3.8, 4) is 11.5 Å². The van der Waals surface area contributed by atoms with Gasteiger partial charge in [-0.1, -0.05) is 24.3 Å². The van der Waals surface area contributed by atoms with Gasteiger partial charge in [0.25, 0.3) is 0 Å². The van der Waals surface area contributed by atoms with E-state index < -0.39 is 11.7 Å². The predicted octanol–water partition coefficient (Wildman–Crippen LogP) is 6.31. The smallest absolute Gasteiger partial charge is 0.418 e. The van der Waals surface area contributed by atoms with Crippen LogP contribution in [0.5, 0.6) is 11.5 Å². The average molecular weight is 454 g/mol. The molecule has 0 amide bonds. The number of allylic oxidation sites excluding steroid dienone is 2. The van der Waals surface area contributed by atoms with Gasteiger partial charge in [0, 0.05) is 5.92 Å². The molecule has 0 bridgehead atoms. The van der Waals surface area contributed by atoms with Gasteiger partial charge in [0.1, 0.15) is 0 Å². The maximum absolute atomic E-state index is 13.6. The number of alkyl halides is 3. The molecule has 0 saturated carbocycles. The van der Waals surface area contributed by atoms with Crippen LogP contribution in [0.3, 0.4) is 0 Å². The zero-order valence-corrected chi connectivity index (χ0v) is 16.9. The highest BCUT2D eigenvalue weighted by molar-refractivity contribution is 9.10. The van der Waals surface area contributed by atoms with Crippen LogP contribution in [-0.4, -0.2) is 14.2 Å². The molecule has 0 aromatic heterocycles. The van der Waals surface area contributed by atoms with Gasteiger partial charge in [-0.3, -0.25) is 0 Å². The van der Waals surface area contributed by atoms with E-state index in [-0.39, 0.29) is 23.6 Å². The van der Waals surface area contributed by atoms with E-state index in [4.69, 9.17) is 9.47 Å². The summed E-state index contributed by atoms with van der Waals surface area (Å²) >= 11 is 3.49. The van der Waals surface area contributed by atoms with Gasteiger partial charge in [-0.15, -0.1) is 0 Å². The van der Waals surface area contributed by atoms with E-state index in [1.165, 1.54) is 6.07 Å². The first-order chi connectivity index (χ1) is 13.3. The molecule has 1 N–H and O–H groups in total. The summed E-state index contributed by atoms with van der Waals surface area (Å²) in [6.07, 6.45) is 0.447. The summed E-state index contributed by atoms with van der Waals surface area (Å²) < 4.78 is 52.4. The Balaban J connectivity index is 1.85. The maximum atomic E-state index is 13.6. The first-order valence-corrected chi connectivity index (χ1v) is 9.69. The van der Waals surface area contributed by atoms with Crippen LogP contribution in [0.25, 0.3) is 0 Å². The summed E-state index contributed by atoms with van der Waals surface area (Å²) in [6, 6.07) is 7.83. The van der Waals surface area contributed by atoms with E-state index >= 15 is 0 Å². The van der Waals surface area contributed by atoms with Crippen molar-refractivity contribution < 1.29 is 22.6 Å². The third-order valence-corrected chi connectivity index (χ3v) is 6.11. The number of anilines is 1. The Bertz CT molecular complexity index is 942. The fourth-order valence-electron chi connectivity index (χ4n) is 4.31. The number of fused-ring (bicyclic) bond motifs is 3. The van der Waals surface area contributed by atoms with Crippen LogP contribution >= 0.6 is 15.9 Å². The molecular weight excluding hydrogens is 435 g/mol. The molecule has 0 unspecified atom stereocenters. The fourth-order valence-corrected chi connectivity index (χ4v) is 4.93. The molecule has 3 atom stereocenters. The van der Waals surface area contributed by atoms with Crippen molar-refractivity contribution >= 4 is 21.6 Å². The third-order valence-electron chi connectivity index (χ3n) is 5.52. The fraction of sp³-hybridized carbons (Fsp3) is 0.333. The summed E-state index contributed by atoms with van der Waals surface area (Å²) in [7, 11) is 3.09. The zero-order chi connectivity index (χ0) is 20.1. The van der Waals surface area contributed by atoms with Crippen molar-refractivity contribution in [1.82, 2.24) is 0 Å². The minimum atomic E-state index is -4.42. The Hall–Kier alpha value is -2.15. The van der Waals surface area contributed by atoms with Gasteiger partial charge in [0.2, 0.25) is 0 Å². The Morgan fingerprint density at radius 3 is 2.61 bits per heavy atom. The SMILES string of the molecule is COc1cc([C@@H]2Nc3c(cccc3C(F)(F)F)[C@H]3C=CC[C@H]32)cc(Br)c1OC. The van der Waals surface area contributed by atoms with Crippen LogP contribution in [-0.2, 0) is 6.18 Å². The standard InChI is InChI=1S/C21H19BrF3NO2/c1-27-17-10-11(9-16(22)20(17)28-2)18-13-6-3-5-12(13)14-7-4-8-15(19(14)26-18)21(23,24)25/h3-5,7-10,12-13,18,26H,6H2,1-2H3/t12-,13+,18-/m0/s1. The van der Waals surface area contributed by atoms with Crippen LogP contribution in [0.4, 0.5) is 18.9 Å². The molecule has 3 nitrogen and oxygen atoms in total. The molecule has 2 aromatic rings. The lowest BCUT2D eigenvalue weighted by molar-refractivity contribution is -0.137. The van der Waals surface area contributed by atoms with Gasteiger partial charge in [-0.05, 0) is 57.6 Å². The number of hydrogen-bond acceptors (Lipinski definition) is 3. The average Bonchev–Trinajstić information content (AvgIpc) is 3.15. The van der Waals surface area contributed by atoms with E-state index in [0.29, 0.717) is 21.5 Å². The van der Waals surface area contributed by atoms with E-state index in [1.807, 2.05) is 18.2 Å². The van der Waals surface area contributed by atoms with Crippen LogP contribution in [0.1, 0.15) is 35.1 Å². The third kappa shape index (κ3) is 3.05. The Morgan fingerprint density at radius 1 is 1.14 bits per heavy atom. The molecule has 1 aliphatic heterocycles. The molecule has 2 aromatic carbocycles. The van der Waals surface area contributed by atoms with Crippen molar-refractivity contribution in [3.05, 3.63) is 63.6 Å². The van der Waals surface area contributed by atoms with Gasteiger partial charge in [-0.25, -0.2) is 0 Å². The predicted molar refractivity (Wildman–Crippen MR) is 105 cm³/mol. The highest BCUT2D eigenvalue weighted by Gasteiger charge is 2.43. The van der Waals surface area contributed by atoms with E-state index in [9.17, 15) is 13.2 Å². The second-order valence-corrected chi connectivity index (χ2v) is 7.84. The summed E-state index contributed by atoms with van der Waals surface area (Å²) in [5, 5.41) is 3.20. The number of methoxy groups -OCH3 is 2. The normalized spacial score (nSPS) is 23.0. The van der Waals surface area contributed by atoms with Crippen LogP contribution in [0.15, 0.2) is 47.0 Å². The van der Waals surface area contributed by atoms with Gasteiger partial charge >= 0.3 is 6.18 Å². The zero-order valence-electron chi connectivity index (χ0n) is 15.3. The van der Waals surface area contributed by atoms with Crippen LogP contribution in [0.2, 0.25) is 0 Å². The minimum Gasteiger partial charge on any atom is -0.493 e. The summed E-state index contributed by atoms with van der Waals surface area (Å²) in [5.74, 6) is 1.15. The van der Waals surface area contributed by atoms with Crippen molar-refractivity contribution in [2.75, 3.05) is 19.5 Å². The van der Waals surface area contributed by atoms with Gasteiger partial charge in [0.15, 0.2) is 11.5 Å². The number of hydrogen-bond donors (Lipinski definition) is 1. The van der Waals surface area contributed by atoms with Crippen molar-refractivity contribution in [3.63, 3.8) is 0 Å². The lowest BCUT2D eigenvalue weighted by atomic mass is 9.76. The Labute approximate surface area is 169 Å². The second kappa shape index (κ2) is 7.03. The van der Waals surface area contributed by atoms with Crippen molar-refractivity contribution in [2.24, 2.45) is 5.92 Å². The molecule has 0 saturated heterocycles. The molecule has 4 rings (SSSR count). The van der Waals surface area contributed by atoms with Gasteiger partial charge < -0.3 is 14.8 Å². The summed E-state index contributed by atoms with van der Waals surface area (Å²) in [6.45, 7) is 0. The lowest BCUT2D eigenvalue weighted by Crippen LogP contribution is -2.30. The lowest BCUT2D eigenvalue weighted by Gasteiger charge is -2.39. The molecule has 28 heavy (non-hydrogen) atoms. The molecule has 0 radical (unpaired) electrons. The quantitative estimate of drug-likeness (QED) is 0.552. The van der Waals surface area contributed by atoms with Crippen LogP contribution in [0, 0.1) is 5.92 Å². The molecule has 7 heteroatoms. The molecule has 148 valence electrons. The molecule has 2 aliphatic rings. The maximum Gasteiger partial charge on any atom is 0.418 e. The van der Waals surface area contributed by atoms with E-state index in [0.717, 1.165) is 18.1 Å². The number of benzene rings is 2. The highest BCUT2D eigenvalue weighted by Crippen LogP contribution is 2.53. The van der Waals surface area contributed by atoms with Gasteiger partial charge in [-0.2, -0.15) is 13.2 Å². The van der Waals surface area contributed by atoms with Crippen molar-refractivity contribution in [1.29, 1.82) is 0 Å². The molecule has 0 spiro atoms. The number of rotatable bonds is 3. The number of ether oxygens (including phenoxy) is 2. The number of halogens is 4. The number of para-hydroxylation sites is 1. The monoisotopic (exact) mass is 453 g/mol. The largest absolute Gasteiger partial charge is 0.493 e. The first kappa shape index (κ1) is 19.2. The summed E-state index contributed by atoms with van der Waals surface area (Å²) in [5.41, 5.74) is 1.09. The Morgan fingerprint density at radius 2 is 1.93 bits per heavy atom. The molecule has 0 fully saturated rings. The van der Waals surface area contributed by atoms with E-state index in [1.54, 1.807) is 20.3 Å². The van der Waals surface area contributed by atoms with Gasteiger partial charge in [0.05, 0.1) is 36.0 Å². The Kier molecular flexibility index (Phi) is 4.81.